The lowest BCUT2D eigenvalue weighted by molar-refractivity contribution is -0.148. The molecule has 1 aliphatic carbocycles. The zero-order valence-corrected chi connectivity index (χ0v) is 10.8. The number of rotatable bonds is 5. The molecule has 1 fully saturated rings. The Balaban J connectivity index is 2.47. The standard InChI is InChI=1S/C12H18O4S/c1-8(13)17-7-6-11(14)9-4-2-3-5-10(9)12(15)16/h9-10H,2-7H2,1H3,(H,15,16)/t9-,10+/m0/s1. The van der Waals surface area contributed by atoms with Crippen LogP contribution in [-0.2, 0) is 14.4 Å². The summed E-state index contributed by atoms with van der Waals surface area (Å²) in [6.07, 6.45) is 3.41. The predicted molar refractivity (Wildman–Crippen MR) is 65.8 cm³/mol. The van der Waals surface area contributed by atoms with Crippen LogP contribution in [-0.4, -0.2) is 27.7 Å². The first-order valence-electron chi connectivity index (χ1n) is 5.91. The second kappa shape index (κ2) is 6.79. The molecule has 0 aromatic heterocycles. The number of carbonyl (C=O) groups is 3. The molecule has 0 heterocycles. The van der Waals surface area contributed by atoms with Gasteiger partial charge in [0.15, 0.2) is 5.12 Å². The van der Waals surface area contributed by atoms with Gasteiger partial charge in [-0.3, -0.25) is 14.4 Å². The number of hydrogen-bond acceptors (Lipinski definition) is 4. The number of thioether (sulfide) groups is 1. The number of aliphatic carboxylic acids is 1. The third-order valence-electron chi connectivity index (χ3n) is 3.15. The number of carboxylic acid groups (broad SMARTS) is 1. The van der Waals surface area contributed by atoms with Crippen molar-refractivity contribution in [2.45, 2.75) is 39.0 Å². The summed E-state index contributed by atoms with van der Waals surface area (Å²) in [7, 11) is 0. The number of Topliss-reactive ketones (excluding diaryl/α,β-unsaturated/α-hetero) is 1. The second-order valence-electron chi connectivity index (χ2n) is 4.39. The molecule has 0 saturated heterocycles. The van der Waals surface area contributed by atoms with Crippen molar-refractivity contribution in [3.05, 3.63) is 0 Å². The van der Waals surface area contributed by atoms with E-state index >= 15 is 0 Å². The lowest BCUT2D eigenvalue weighted by Crippen LogP contribution is -2.32. The van der Waals surface area contributed by atoms with E-state index in [1.807, 2.05) is 0 Å². The van der Waals surface area contributed by atoms with E-state index in [0.29, 0.717) is 25.0 Å². The molecule has 0 aromatic rings. The molecular formula is C12H18O4S. The molecule has 0 bridgehead atoms. The van der Waals surface area contributed by atoms with E-state index in [2.05, 4.69) is 0 Å². The van der Waals surface area contributed by atoms with E-state index in [0.717, 1.165) is 24.6 Å². The molecule has 17 heavy (non-hydrogen) atoms. The molecular weight excluding hydrogens is 240 g/mol. The molecule has 5 heteroatoms. The van der Waals surface area contributed by atoms with Crippen LogP contribution in [0.1, 0.15) is 39.0 Å². The molecule has 0 amide bonds. The monoisotopic (exact) mass is 258 g/mol. The third-order valence-corrected chi connectivity index (χ3v) is 3.97. The Hall–Kier alpha value is -0.840. The van der Waals surface area contributed by atoms with E-state index in [1.165, 1.54) is 6.92 Å². The van der Waals surface area contributed by atoms with Crippen LogP contribution < -0.4 is 0 Å². The summed E-state index contributed by atoms with van der Waals surface area (Å²) in [5.74, 6) is -1.24. The lowest BCUT2D eigenvalue weighted by Gasteiger charge is -2.27. The summed E-state index contributed by atoms with van der Waals surface area (Å²) in [5, 5.41) is 9.06. The van der Waals surface area contributed by atoms with Gasteiger partial charge in [-0.25, -0.2) is 0 Å². The summed E-state index contributed by atoms with van der Waals surface area (Å²) in [5.41, 5.74) is 0. The molecule has 1 rings (SSSR count). The number of carbonyl (C=O) groups excluding carboxylic acids is 2. The summed E-state index contributed by atoms with van der Waals surface area (Å²) in [4.78, 5) is 33.7. The van der Waals surface area contributed by atoms with Crippen molar-refractivity contribution >= 4 is 28.6 Å². The van der Waals surface area contributed by atoms with Crippen molar-refractivity contribution < 1.29 is 19.5 Å². The highest BCUT2D eigenvalue weighted by Gasteiger charge is 2.34. The summed E-state index contributed by atoms with van der Waals surface area (Å²) >= 11 is 1.13. The number of carboxylic acids is 1. The van der Waals surface area contributed by atoms with Gasteiger partial charge >= 0.3 is 5.97 Å². The van der Waals surface area contributed by atoms with Crippen molar-refractivity contribution in [1.82, 2.24) is 0 Å². The van der Waals surface area contributed by atoms with Gasteiger partial charge in [-0.2, -0.15) is 0 Å². The quantitative estimate of drug-likeness (QED) is 0.817. The van der Waals surface area contributed by atoms with Crippen LogP contribution in [0.15, 0.2) is 0 Å². The van der Waals surface area contributed by atoms with Gasteiger partial charge in [-0.05, 0) is 12.8 Å². The molecule has 96 valence electrons. The summed E-state index contributed by atoms with van der Waals surface area (Å²) in [6, 6.07) is 0. The zero-order chi connectivity index (χ0) is 12.8. The summed E-state index contributed by atoms with van der Waals surface area (Å²) < 4.78 is 0. The van der Waals surface area contributed by atoms with Crippen LogP contribution in [0, 0.1) is 11.8 Å². The molecule has 0 radical (unpaired) electrons. The van der Waals surface area contributed by atoms with Crippen LogP contribution in [0.25, 0.3) is 0 Å². The Kier molecular flexibility index (Phi) is 5.68. The van der Waals surface area contributed by atoms with Gasteiger partial charge in [0.1, 0.15) is 5.78 Å². The summed E-state index contributed by atoms with van der Waals surface area (Å²) in [6.45, 7) is 1.47. The van der Waals surface area contributed by atoms with Crippen LogP contribution in [0.2, 0.25) is 0 Å². The van der Waals surface area contributed by atoms with E-state index in [1.54, 1.807) is 0 Å². The van der Waals surface area contributed by atoms with E-state index < -0.39 is 11.9 Å². The minimum absolute atomic E-state index is 0.00349. The van der Waals surface area contributed by atoms with Crippen molar-refractivity contribution in [2.75, 3.05) is 5.75 Å². The molecule has 1 N–H and O–H groups in total. The lowest BCUT2D eigenvalue weighted by atomic mass is 9.76. The highest BCUT2D eigenvalue weighted by atomic mass is 32.2. The first kappa shape index (κ1) is 14.2. The fourth-order valence-corrected chi connectivity index (χ4v) is 2.88. The average Bonchev–Trinajstić information content (AvgIpc) is 2.28. The Labute approximate surface area is 105 Å². The fourth-order valence-electron chi connectivity index (χ4n) is 2.29. The van der Waals surface area contributed by atoms with Crippen LogP contribution in [0.4, 0.5) is 0 Å². The fraction of sp³-hybridized carbons (Fsp3) is 0.750. The van der Waals surface area contributed by atoms with Gasteiger partial charge in [-0.1, -0.05) is 24.6 Å². The van der Waals surface area contributed by atoms with Crippen molar-refractivity contribution in [3.63, 3.8) is 0 Å². The third kappa shape index (κ3) is 4.50. The first-order valence-corrected chi connectivity index (χ1v) is 6.90. The van der Waals surface area contributed by atoms with E-state index in [9.17, 15) is 14.4 Å². The van der Waals surface area contributed by atoms with E-state index in [-0.39, 0.29) is 16.8 Å². The Morgan fingerprint density at radius 3 is 2.29 bits per heavy atom. The predicted octanol–water partition coefficient (Wildman–Crippen LogP) is 2.12. The Morgan fingerprint density at radius 2 is 1.76 bits per heavy atom. The van der Waals surface area contributed by atoms with Crippen molar-refractivity contribution in [3.8, 4) is 0 Å². The van der Waals surface area contributed by atoms with Gasteiger partial charge < -0.3 is 5.11 Å². The first-order chi connectivity index (χ1) is 8.02. The van der Waals surface area contributed by atoms with Crippen LogP contribution >= 0.6 is 11.8 Å². The molecule has 4 nitrogen and oxygen atoms in total. The van der Waals surface area contributed by atoms with Crippen LogP contribution in [0.3, 0.4) is 0 Å². The van der Waals surface area contributed by atoms with E-state index in [4.69, 9.17) is 5.11 Å². The Bertz CT molecular complexity index is 314. The maximum Gasteiger partial charge on any atom is 0.307 e. The number of hydrogen-bond donors (Lipinski definition) is 1. The molecule has 0 unspecified atom stereocenters. The SMILES string of the molecule is CC(=O)SCCC(=O)[C@H]1CCCC[C@H]1C(=O)O. The van der Waals surface area contributed by atoms with Gasteiger partial charge in [0.2, 0.25) is 0 Å². The average molecular weight is 258 g/mol. The largest absolute Gasteiger partial charge is 0.481 e. The van der Waals surface area contributed by atoms with Gasteiger partial charge in [0.05, 0.1) is 5.92 Å². The normalized spacial score (nSPS) is 24.3. The zero-order valence-electron chi connectivity index (χ0n) is 9.98. The molecule has 2 atom stereocenters. The molecule has 0 spiro atoms. The van der Waals surface area contributed by atoms with Gasteiger partial charge in [0.25, 0.3) is 0 Å². The topological polar surface area (TPSA) is 71.4 Å². The molecule has 0 aliphatic heterocycles. The van der Waals surface area contributed by atoms with Gasteiger partial charge in [-0.15, -0.1) is 0 Å². The molecule has 0 aromatic carbocycles. The van der Waals surface area contributed by atoms with Crippen molar-refractivity contribution in [2.24, 2.45) is 11.8 Å². The highest BCUT2D eigenvalue weighted by Crippen LogP contribution is 2.31. The smallest absolute Gasteiger partial charge is 0.307 e. The molecule has 1 aliphatic rings. The second-order valence-corrected chi connectivity index (χ2v) is 5.66. The maximum absolute atomic E-state index is 11.9. The molecule has 1 saturated carbocycles. The Morgan fingerprint density at radius 1 is 1.18 bits per heavy atom. The maximum atomic E-state index is 11.9. The van der Waals surface area contributed by atoms with Crippen molar-refractivity contribution in [1.29, 1.82) is 0 Å². The van der Waals surface area contributed by atoms with Gasteiger partial charge in [0, 0.05) is 25.0 Å². The minimum atomic E-state index is -0.859. The highest BCUT2D eigenvalue weighted by molar-refractivity contribution is 8.13. The van der Waals surface area contributed by atoms with Crippen LogP contribution in [0.5, 0.6) is 0 Å². The minimum Gasteiger partial charge on any atom is -0.481 e. The number of ketones is 1.